The predicted octanol–water partition coefficient (Wildman–Crippen LogP) is 12.7. The summed E-state index contributed by atoms with van der Waals surface area (Å²) in [7, 11) is 0. The SMILES string of the molecule is Fc1ccc(-c2nc(-c3cc(-c4ccccc4)cc(-c4ccccc4)c3)nc(-c3cccc4c3-c3ccccc3C(c3ccccc3)(c3ccccc3)O4)n2)cc1. The molecule has 1 aliphatic heterocycles. The highest BCUT2D eigenvalue weighted by Gasteiger charge is 2.45. The van der Waals surface area contributed by atoms with Crippen molar-refractivity contribution in [1.29, 1.82) is 0 Å². The Balaban J connectivity index is 1.21. The van der Waals surface area contributed by atoms with Crippen molar-refractivity contribution in [2.45, 2.75) is 5.60 Å². The minimum absolute atomic E-state index is 0.331. The maximum absolute atomic E-state index is 14.3. The molecule has 0 aliphatic carbocycles. The molecule has 8 aromatic carbocycles. The Morgan fingerprint density at radius 1 is 0.368 bits per heavy atom. The van der Waals surface area contributed by atoms with Gasteiger partial charge in [-0.25, -0.2) is 19.3 Å². The van der Waals surface area contributed by atoms with E-state index in [9.17, 15) is 4.39 Å². The molecule has 5 heteroatoms. The minimum atomic E-state index is -0.917. The third kappa shape index (κ3) is 6.16. The Hall–Kier alpha value is -7.50. The number of nitrogens with zero attached hydrogens (tertiary/aromatic N) is 3. The van der Waals surface area contributed by atoms with Gasteiger partial charge in [-0.1, -0.05) is 158 Å². The first-order valence-electron chi connectivity index (χ1n) is 19.0. The maximum Gasteiger partial charge on any atom is 0.185 e. The van der Waals surface area contributed by atoms with Crippen LogP contribution in [0.2, 0.25) is 0 Å². The van der Waals surface area contributed by atoms with Crippen molar-refractivity contribution in [2.24, 2.45) is 0 Å². The van der Waals surface area contributed by atoms with E-state index >= 15 is 0 Å². The van der Waals surface area contributed by atoms with Crippen LogP contribution in [-0.4, -0.2) is 15.0 Å². The standard InChI is InChI=1S/C52H34FN3O/c53-43-30-28-37(29-31-43)49-54-50(40-33-38(35-16-5-1-6-17-35)32-39(34-40)36-18-7-2-8-19-36)56-51(55-49)45-25-15-27-47-48(45)44-24-13-14-26-46(44)52(57-47,41-20-9-3-10-21-41)42-22-11-4-12-23-42/h1-34H. The molecule has 0 radical (unpaired) electrons. The van der Waals surface area contributed by atoms with Crippen LogP contribution in [-0.2, 0) is 5.60 Å². The molecule has 0 atom stereocenters. The average Bonchev–Trinajstić information content (AvgIpc) is 3.29. The van der Waals surface area contributed by atoms with Crippen LogP contribution in [0.1, 0.15) is 16.7 Å². The average molecular weight is 736 g/mol. The molecule has 0 fully saturated rings. The third-order valence-electron chi connectivity index (χ3n) is 10.6. The van der Waals surface area contributed by atoms with Gasteiger partial charge in [0.25, 0.3) is 0 Å². The molecule has 0 saturated heterocycles. The van der Waals surface area contributed by atoms with Crippen LogP contribution >= 0.6 is 0 Å². The van der Waals surface area contributed by atoms with E-state index in [-0.39, 0.29) is 5.82 Å². The second-order valence-corrected chi connectivity index (χ2v) is 14.1. The van der Waals surface area contributed by atoms with E-state index in [4.69, 9.17) is 19.7 Å². The Morgan fingerprint density at radius 2 is 0.842 bits per heavy atom. The lowest BCUT2D eigenvalue weighted by atomic mass is 9.74. The fraction of sp³-hybridized carbons (Fsp3) is 0.0192. The van der Waals surface area contributed by atoms with Crippen LogP contribution in [0.25, 0.3) is 67.5 Å². The van der Waals surface area contributed by atoms with Gasteiger partial charge in [0, 0.05) is 38.9 Å². The van der Waals surface area contributed by atoms with Crippen molar-refractivity contribution in [3.05, 3.63) is 229 Å². The lowest BCUT2D eigenvalue weighted by Gasteiger charge is -2.41. The van der Waals surface area contributed by atoms with Gasteiger partial charge in [0.1, 0.15) is 11.6 Å². The monoisotopic (exact) mass is 735 g/mol. The van der Waals surface area contributed by atoms with Gasteiger partial charge in [-0.15, -0.1) is 0 Å². The van der Waals surface area contributed by atoms with Crippen molar-refractivity contribution in [1.82, 2.24) is 15.0 Å². The van der Waals surface area contributed by atoms with Crippen molar-refractivity contribution < 1.29 is 9.13 Å². The molecule has 0 spiro atoms. The second-order valence-electron chi connectivity index (χ2n) is 14.1. The number of ether oxygens (including phenoxy) is 1. The zero-order chi connectivity index (χ0) is 38.2. The van der Waals surface area contributed by atoms with Gasteiger partial charge in [0.15, 0.2) is 23.1 Å². The number of fused-ring (bicyclic) bond motifs is 3. The Morgan fingerprint density at radius 3 is 1.44 bits per heavy atom. The van der Waals surface area contributed by atoms with Crippen molar-refractivity contribution in [2.75, 3.05) is 0 Å². The summed E-state index contributed by atoms with van der Waals surface area (Å²) in [6, 6.07) is 68.6. The molecular weight excluding hydrogens is 702 g/mol. The predicted molar refractivity (Wildman–Crippen MR) is 226 cm³/mol. The lowest BCUT2D eigenvalue weighted by molar-refractivity contribution is 0.152. The summed E-state index contributed by atoms with van der Waals surface area (Å²) in [6.45, 7) is 0. The summed E-state index contributed by atoms with van der Waals surface area (Å²) < 4.78 is 21.6. The normalized spacial score (nSPS) is 12.6. The molecule has 0 N–H and O–H groups in total. The Kier molecular flexibility index (Phi) is 8.53. The Labute approximate surface area is 330 Å². The van der Waals surface area contributed by atoms with Gasteiger partial charge >= 0.3 is 0 Å². The zero-order valence-electron chi connectivity index (χ0n) is 30.8. The van der Waals surface area contributed by atoms with E-state index in [1.54, 1.807) is 12.1 Å². The molecule has 1 aromatic heterocycles. The van der Waals surface area contributed by atoms with Crippen LogP contribution < -0.4 is 4.74 Å². The molecule has 0 bridgehead atoms. The second kappa shape index (κ2) is 14.3. The quantitative estimate of drug-likeness (QED) is 0.164. The molecule has 2 heterocycles. The van der Waals surface area contributed by atoms with E-state index in [0.29, 0.717) is 28.8 Å². The highest BCUT2D eigenvalue weighted by atomic mass is 19.1. The van der Waals surface area contributed by atoms with Gasteiger partial charge < -0.3 is 4.74 Å². The van der Waals surface area contributed by atoms with Gasteiger partial charge in [-0.3, -0.25) is 0 Å². The molecule has 10 rings (SSSR count). The molecule has 0 amide bonds. The zero-order valence-corrected chi connectivity index (χ0v) is 30.8. The molecule has 9 aromatic rings. The van der Waals surface area contributed by atoms with Crippen molar-refractivity contribution in [3.8, 4) is 73.3 Å². The first-order valence-corrected chi connectivity index (χ1v) is 19.0. The summed E-state index contributed by atoms with van der Waals surface area (Å²) >= 11 is 0. The topological polar surface area (TPSA) is 47.9 Å². The van der Waals surface area contributed by atoms with Crippen LogP contribution in [0.5, 0.6) is 5.75 Å². The molecule has 0 unspecified atom stereocenters. The number of benzene rings is 8. The summed E-state index contributed by atoms with van der Waals surface area (Å²) in [5.74, 6) is 1.80. The summed E-state index contributed by atoms with van der Waals surface area (Å²) in [4.78, 5) is 15.5. The third-order valence-corrected chi connectivity index (χ3v) is 10.6. The van der Waals surface area contributed by atoms with E-state index in [1.165, 1.54) is 12.1 Å². The molecule has 0 saturated carbocycles. The highest BCUT2D eigenvalue weighted by molar-refractivity contribution is 5.90. The number of aromatic nitrogens is 3. The van der Waals surface area contributed by atoms with Gasteiger partial charge in [-0.05, 0) is 76.3 Å². The van der Waals surface area contributed by atoms with E-state index in [2.05, 4.69) is 115 Å². The maximum atomic E-state index is 14.3. The fourth-order valence-electron chi connectivity index (χ4n) is 7.95. The summed E-state index contributed by atoms with van der Waals surface area (Å²) in [5.41, 5.74) is 10.6. The van der Waals surface area contributed by atoms with Crippen molar-refractivity contribution >= 4 is 0 Å². The van der Waals surface area contributed by atoms with Gasteiger partial charge in [0.05, 0.1) is 0 Å². The number of rotatable bonds is 7. The fourth-order valence-corrected chi connectivity index (χ4v) is 7.95. The molecule has 57 heavy (non-hydrogen) atoms. The summed E-state index contributed by atoms with van der Waals surface area (Å²) in [6.07, 6.45) is 0. The minimum Gasteiger partial charge on any atom is -0.472 e. The molecule has 1 aliphatic rings. The number of halogens is 1. The summed E-state index contributed by atoms with van der Waals surface area (Å²) in [5, 5.41) is 0. The van der Waals surface area contributed by atoms with E-state index in [1.807, 2.05) is 66.7 Å². The van der Waals surface area contributed by atoms with Crippen LogP contribution in [0.15, 0.2) is 206 Å². The lowest BCUT2D eigenvalue weighted by Crippen LogP contribution is -2.38. The van der Waals surface area contributed by atoms with E-state index in [0.717, 1.165) is 61.2 Å². The smallest absolute Gasteiger partial charge is 0.185 e. The first-order chi connectivity index (χ1) is 28.1. The number of hydrogen-bond donors (Lipinski definition) is 0. The van der Waals surface area contributed by atoms with Gasteiger partial charge in [0.2, 0.25) is 0 Å². The van der Waals surface area contributed by atoms with E-state index < -0.39 is 5.60 Å². The molecular formula is C52H34FN3O. The Bertz CT molecular complexity index is 2770. The first kappa shape index (κ1) is 34.0. The van der Waals surface area contributed by atoms with Crippen LogP contribution in [0.3, 0.4) is 0 Å². The van der Waals surface area contributed by atoms with Crippen molar-refractivity contribution in [3.63, 3.8) is 0 Å². The molecule has 4 nitrogen and oxygen atoms in total. The van der Waals surface area contributed by atoms with Crippen LogP contribution in [0.4, 0.5) is 4.39 Å². The number of hydrogen-bond acceptors (Lipinski definition) is 4. The molecule has 270 valence electrons. The van der Waals surface area contributed by atoms with Crippen LogP contribution in [0, 0.1) is 5.82 Å². The highest BCUT2D eigenvalue weighted by Crippen LogP contribution is 2.53. The van der Waals surface area contributed by atoms with Gasteiger partial charge in [-0.2, -0.15) is 0 Å². The largest absolute Gasteiger partial charge is 0.472 e.